The van der Waals surface area contributed by atoms with Gasteiger partial charge in [0, 0.05) is 36.8 Å². The zero-order chi connectivity index (χ0) is 22.7. The van der Waals surface area contributed by atoms with E-state index in [1.165, 1.54) is 13.3 Å². The van der Waals surface area contributed by atoms with Crippen LogP contribution in [0.4, 0.5) is 11.6 Å². The van der Waals surface area contributed by atoms with E-state index in [2.05, 4.69) is 41.6 Å². The van der Waals surface area contributed by atoms with E-state index in [-0.39, 0.29) is 11.7 Å². The Balaban J connectivity index is 1.47. The first-order valence-corrected chi connectivity index (χ1v) is 10.5. The van der Waals surface area contributed by atoms with Crippen molar-refractivity contribution in [2.24, 2.45) is 0 Å². The van der Waals surface area contributed by atoms with Gasteiger partial charge >= 0.3 is 5.97 Å². The Morgan fingerprint density at radius 1 is 1.03 bits per heavy atom. The molecule has 1 aromatic carbocycles. The van der Waals surface area contributed by atoms with Crippen molar-refractivity contribution in [1.29, 1.82) is 0 Å². The van der Waals surface area contributed by atoms with Crippen LogP contribution in [0.5, 0.6) is 11.6 Å². The van der Waals surface area contributed by atoms with Gasteiger partial charge in [0.1, 0.15) is 11.6 Å². The molecule has 2 aromatic heterocycles. The topological polar surface area (TPSA) is 93.6 Å². The highest BCUT2D eigenvalue weighted by molar-refractivity contribution is 5.86. The molecule has 0 aliphatic carbocycles. The normalized spacial score (nSPS) is 16.1. The molecular weight excluding hydrogens is 408 g/mol. The number of carbonyl (C=O) groups excluding carboxylic acids is 1. The first-order valence-electron chi connectivity index (χ1n) is 10.5. The van der Waals surface area contributed by atoms with Gasteiger partial charge in [-0.25, -0.2) is 14.8 Å². The zero-order valence-electron chi connectivity index (χ0n) is 18.6. The lowest BCUT2D eigenvalue weighted by Gasteiger charge is -2.41. The number of rotatable bonds is 5. The average molecular weight is 435 g/mol. The Morgan fingerprint density at radius 2 is 1.81 bits per heavy atom. The second-order valence-electron chi connectivity index (χ2n) is 7.73. The highest BCUT2D eigenvalue weighted by Crippen LogP contribution is 2.30. The number of anilines is 2. The van der Waals surface area contributed by atoms with Gasteiger partial charge in [0.25, 0.3) is 0 Å². The molecule has 0 amide bonds. The summed E-state index contributed by atoms with van der Waals surface area (Å²) in [5, 5.41) is 8.84. The number of carbonyl (C=O) groups is 1. The zero-order valence-corrected chi connectivity index (χ0v) is 18.6. The lowest BCUT2D eigenvalue weighted by atomic mass is 10.1. The highest BCUT2D eigenvalue weighted by atomic mass is 16.5. The van der Waals surface area contributed by atoms with Crippen LogP contribution in [-0.2, 0) is 4.74 Å². The Kier molecular flexibility index (Phi) is 6.16. The van der Waals surface area contributed by atoms with Crippen LogP contribution in [0.15, 0.2) is 42.7 Å². The lowest BCUT2D eigenvalue weighted by molar-refractivity contribution is 0.0593. The van der Waals surface area contributed by atoms with Crippen LogP contribution in [0, 0.1) is 13.8 Å². The molecule has 1 saturated heterocycles. The number of nitrogens with zero attached hydrogens (tertiary/aromatic N) is 6. The molecule has 0 bridgehead atoms. The number of ether oxygens (including phenoxy) is 2. The number of hydrogen-bond acceptors (Lipinski definition) is 9. The van der Waals surface area contributed by atoms with Crippen molar-refractivity contribution < 1.29 is 14.3 Å². The third-order valence-corrected chi connectivity index (χ3v) is 5.67. The summed E-state index contributed by atoms with van der Waals surface area (Å²) in [5.74, 6) is 2.35. The van der Waals surface area contributed by atoms with Crippen LogP contribution in [0.1, 0.15) is 28.5 Å². The molecular formula is C23H26N6O3. The van der Waals surface area contributed by atoms with Crippen molar-refractivity contribution >= 4 is 17.6 Å². The molecule has 0 spiro atoms. The molecule has 1 unspecified atom stereocenters. The van der Waals surface area contributed by atoms with Crippen molar-refractivity contribution in [2.45, 2.75) is 26.8 Å². The molecule has 4 rings (SSSR count). The maximum Gasteiger partial charge on any atom is 0.358 e. The third kappa shape index (κ3) is 4.32. The Hall–Kier alpha value is -3.75. The second-order valence-corrected chi connectivity index (χ2v) is 7.73. The van der Waals surface area contributed by atoms with Gasteiger partial charge in [0.15, 0.2) is 11.5 Å². The molecule has 3 aromatic rings. The largest absolute Gasteiger partial charge is 0.464 e. The summed E-state index contributed by atoms with van der Waals surface area (Å²) in [6.45, 7) is 8.45. The quantitative estimate of drug-likeness (QED) is 0.561. The standard InChI is InChI=1S/C23H26N6O3/c1-15-14-28(10-11-29(15)20-13-24-19(12-25-20)23(30)31-4)21-16(2)17(3)22(27-26-21)32-18-8-6-5-7-9-18/h5-9,12-13,15H,10-11,14H2,1-4H3. The highest BCUT2D eigenvalue weighted by Gasteiger charge is 2.28. The summed E-state index contributed by atoms with van der Waals surface area (Å²) < 4.78 is 10.6. The van der Waals surface area contributed by atoms with E-state index in [0.29, 0.717) is 5.88 Å². The summed E-state index contributed by atoms with van der Waals surface area (Å²) in [4.78, 5) is 24.6. The van der Waals surface area contributed by atoms with Crippen LogP contribution in [-0.4, -0.2) is 58.9 Å². The minimum atomic E-state index is -0.494. The predicted molar refractivity (Wildman–Crippen MR) is 120 cm³/mol. The first-order chi connectivity index (χ1) is 15.5. The molecule has 32 heavy (non-hydrogen) atoms. The molecule has 1 aliphatic heterocycles. The molecule has 3 heterocycles. The monoisotopic (exact) mass is 434 g/mol. The van der Waals surface area contributed by atoms with Crippen LogP contribution in [0.2, 0.25) is 0 Å². The number of esters is 1. The third-order valence-electron chi connectivity index (χ3n) is 5.67. The van der Waals surface area contributed by atoms with E-state index < -0.39 is 5.97 Å². The molecule has 0 radical (unpaired) electrons. The molecule has 9 heteroatoms. The maximum atomic E-state index is 11.6. The smallest absolute Gasteiger partial charge is 0.358 e. The molecule has 0 N–H and O–H groups in total. The summed E-state index contributed by atoms with van der Waals surface area (Å²) >= 11 is 0. The number of piperazine rings is 1. The van der Waals surface area contributed by atoms with Gasteiger partial charge in [0.2, 0.25) is 5.88 Å². The van der Waals surface area contributed by atoms with Crippen LogP contribution in [0.3, 0.4) is 0 Å². The second kappa shape index (κ2) is 9.17. The van der Waals surface area contributed by atoms with E-state index in [9.17, 15) is 4.79 Å². The number of benzene rings is 1. The van der Waals surface area contributed by atoms with Crippen molar-refractivity contribution in [2.75, 3.05) is 36.5 Å². The fourth-order valence-corrected chi connectivity index (χ4v) is 3.74. The summed E-state index contributed by atoms with van der Waals surface area (Å²) in [5.41, 5.74) is 2.22. The fourth-order valence-electron chi connectivity index (χ4n) is 3.74. The van der Waals surface area contributed by atoms with E-state index in [1.807, 2.05) is 44.2 Å². The number of aromatic nitrogens is 4. The number of hydrogen-bond donors (Lipinski definition) is 0. The number of para-hydroxylation sites is 1. The van der Waals surface area contributed by atoms with E-state index in [4.69, 9.17) is 4.74 Å². The van der Waals surface area contributed by atoms with Crippen molar-refractivity contribution in [3.63, 3.8) is 0 Å². The van der Waals surface area contributed by atoms with Crippen LogP contribution >= 0.6 is 0 Å². The van der Waals surface area contributed by atoms with Gasteiger partial charge in [-0.3, -0.25) is 0 Å². The first kappa shape index (κ1) is 21.5. The van der Waals surface area contributed by atoms with Gasteiger partial charge in [-0.1, -0.05) is 18.2 Å². The summed E-state index contributed by atoms with van der Waals surface area (Å²) in [7, 11) is 1.33. The molecule has 9 nitrogen and oxygen atoms in total. The Bertz CT molecular complexity index is 1090. The van der Waals surface area contributed by atoms with Crippen molar-refractivity contribution in [3.8, 4) is 11.6 Å². The van der Waals surface area contributed by atoms with Gasteiger partial charge < -0.3 is 19.3 Å². The summed E-state index contributed by atoms with van der Waals surface area (Å²) in [6.07, 6.45) is 3.06. The van der Waals surface area contributed by atoms with E-state index in [0.717, 1.165) is 48.1 Å². The molecule has 0 saturated carbocycles. The van der Waals surface area contributed by atoms with Crippen LogP contribution in [0.25, 0.3) is 0 Å². The fraction of sp³-hybridized carbons (Fsp3) is 0.348. The maximum absolute atomic E-state index is 11.6. The van der Waals surface area contributed by atoms with Crippen molar-refractivity contribution in [3.05, 3.63) is 59.5 Å². The number of methoxy groups -OCH3 is 1. The molecule has 166 valence electrons. The average Bonchev–Trinajstić information content (AvgIpc) is 2.82. The SMILES string of the molecule is COC(=O)c1cnc(N2CCN(c3nnc(Oc4ccccc4)c(C)c3C)CC2C)cn1. The summed E-state index contributed by atoms with van der Waals surface area (Å²) in [6, 6.07) is 9.75. The minimum absolute atomic E-state index is 0.170. The van der Waals surface area contributed by atoms with Crippen molar-refractivity contribution in [1.82, 2.24) is 20.2 Å². The van der Waals surface area contributed by atoms with Crippen LogP contribution < -0.4 is 14.5 Å². The van der Waals surface area contributed by atoms with Gasteiger partial charge in [-0.05, 0) is 32.9 Å². The Morgan fingerprint density at radius 3 is 2.47 bits per heavy atom. The van der Waals surface area contributed by atoms with Gasteiger partial charge in [-0.2, -0.15) is 0 Å². The van der Waals surface area contributed by atoms with Gasteiger partial charge in [0.05, 0.1) is 19.5 Å². The van der Waals surface area contributed by atoms with E-state index >= 15 is 0 Å². The molecule has 1 aliphatic rings. The lowest BCUT2D eigenvalue weighted by Crippen LogP contribution is -2.53. The van der Waals surface area contributed by atoms with E-state index in [1.54, 1.807) is 6.20 Å². The predicted octanol–water partition coefficient (Wildman–Crippen LogP) is 3.18. The molecule has 1 atom stereocenters. The van der Waals surface area contributed by atoms with Gasteiger partial charge in [-0.15, -0.1) is 10.2 Å². The molecule has 1 fully saturated rings. The Labute approximate surface area is 187 Å². The minimum Gasteiger partial charge on any atom is -0.464 e.